The van der Waals surface area contributed by atoms with E-state index in [1.165, 1.54) is 0 Å². The average molecular weight is 409 g/mol. The first-order valence-corrected chi connectivity index (χ1v) is 9.91. The highest BCUT2D eigenvalue weighted by Gasteiger charge is 2.24. The molecule has 0 atom stereocenters. The van der Waals surface area contributed by atoms with Crippen molar-refractivity contribution in [1.82, 2.24) is 14.9 Å². The molecule has 0 unspecified atom stereocenters. The number of nitrogens with zero attached hydrogens (tertiary/aromatic N) is 3. The van der Waals surface area contributed by atoms with E-state index in [0.29, 0.717) is 24.6 Å². The van der Waals surface area contributed by atoms with Crippen LogP contribution in [0, 0.1) is 0 Å². The number of carbonyl (C=O) groups excluding carboxylic acids is 2. The lowest BCUT2D eigenvalue weighted by Crippen LogP contribution is -2.39. The number of aromatic nitrogens is 1. The number of ether oxygens (including phenoxy) is 1. The summed E-state index contributed by atoms with van der Waals surface area (Å²) in [7, 11) is 0. The lowest BCUT2D eigenvalue weighted by atomic mass is 10.00. The predicted molar refractivity (Wildman–Crippen MR) is 113 cm³/mol. The van der Waals surface area contributed by atoms with Crippen molar-refractivity contribution in [2.75, 3.05) is 13.1 Å². The molecule has 0 aliphatic carbocycles. The normalized spacial score (nSPS) is 14.1. The molecule has 0 fully saturated rings. The van der Waals surface area contributed by atoms with Gasteiger partial charge in [-0.1, -0.05) is 36.4 Å². The van der Waals surface area contributed by atoms with E-state index in [9.17, 15) is 14.8 Å². The van der Waals surface area contributed by atoms with Gasteiger partial charge >= 0.3 is 6.09 Å². The average Bonchev–Trinajstić information content (AvgIpc) is 2.73. The van der Waals surface area contributed by atoms with E-state index < -0.39 is 11.5 Å². The summed E-state index contributed by atoms with van der Waals surface area (Å²) in [5.41, 5.74) is 2.34. The van der Waals surface area contributed by atoms with Crippen LogP contribution in [0.5, 0.6) is 0 Å². The monoisotopic (exact) mass is 409 g/mol. The van der Waals surface area contributed by atoms with Crippen LogP contribution in [0.4, 0.5) is 4.79 Å². The molecule has 0 bridgehead atoms. The minimum absolute atomic E-state index is 0.0825. The summed E-state index contributed by atoms with van der Waals surface area (Å²) in [6, 6.07) is 12.7. The molecule has 2 aromatic rings. The van der Waals surface area contributed by atoms with Gasteiger partial charge in [0.2, 0.25) is 0 Å². The second-order valence-electron chi connectivity index (χ2n) is 8.18. The number of benzene rings is 1. The molecule has 2 amide bonds. The van der Waals surface area contributed by atoms with Gasteiger partial charge in [0.1, 0.15) is 11.3 Å². The van der Waals surface area contributed by atoms with E-state index >= 15 is 0 Å². The van der Waals surface area contributed by atoms with Crippen molar-refractivity contribution in [3.8, 4) is 0 Å². The number of hydroxylamine groups is 2. The van der Waals surface area contributed by atoms with Crippen LogP contribution in [0.25, 0.3) is 5.57 Å². The minimum atomic E-state index is -0.563. The Morgan fingerprint density at radius 3 is 2.57 bits per heavy atom. The zero-order chi connectivity index (χ0) is 21.7. The Balaban J connectivity index is 1.67. The van der Waals surface area contributed by atoms with Crippen molar-refractivity contribution in [3.63, 3.8) is 0 Å². The number of hydrogen-bond acceptors (Lipinski definition) is 5. The van der Waals surface area contributed by atoms with Gasteiger partial charge in [-0.05, 0) is 56.0 Å². The first kappa shape index (κ1) is 21.5. The summed E-state index contributed by atoms with van der Waals surface area (Å²) in [4.78, 5) is 30.6. The van der Waals surface area contributed by atoms with Crippen LogP contribution in [0.2, 0.25) is 0 Å². The van der Waals surface area contributed by atoms with E-state index in [1.807, 2.05) is 63.2 Å². The smallest absolute Gasteiger partial charge is 0.410 e. The van der Waals surface area contributed by atoms with E-state index in [2.05, 4.69) is 4.98 Å². The van der Waals surface area contributed by atoms with Gasteiger partial charge in [0.25, 0.3) is 5.91 Å². The Bertz CT molecular complexity index is 935. The molecule has 7 nitrogen and oxygen atoms in total. The van der Waals surface area contributed by atoms with E-state index in [4.69, 9.17) is 4.74 Å². The molecule has 30 heavy (non-hydrogen) atoms. The van der Waals surface area contributed by atoms with Crippen molar-refractivity contribution in [2.45, 2.75) is 39.3 Å². The van der Waals surface area contributed by atoms with Crippen molar-refractivity contribution >= 4 is 17.6 Å². The Morgan fingerprint density at radius 2 is 1.93 bits per heavy atom. The molecule has 1 aliphatic heterocycles. The summed E-state index contributed by atoms with van der Waals surface area (Å²) in [6.07, 6.45) is 3.82. The predicted octanol–water partition coefficient (Wildman–Crippen LogP) is 4.14. The fourth-order valence-electron chi connectivity index (χ4n) is 3.13. The van der Waals surface area contributed by atoms with Gasteiger partial charge in [-0.3, -0.25) is 15.0 Å². The van der Waals surface area contributed by atoms with Crippen LogP contribution >= 0.6 is 0 Å². The zero-order valence-electron chi connectivity index (χ0n) is 17.5. The van der Waals surface area contributed by atoms with Crippen LogP contribution in [-0.4, -0.2) is 50.8 Å². The standard InChI is InChI=1S/C23H27N3O4/c1-23(2,3)30-22(28)25-13-10-18(11-14-25)19-9-12-24-20(15-19)21(27)26(29)16-17-7-5-4-6-8-17/h4-10,12,15,29H,11,13-14,16H2,1-3H3. The largest absolute Gasteiger partial charge is 0.444 e. The molecule has 1 N–H and O–H groups in total. The van der Waals surface area contributed by atoms with Crippen molar-refractivity contribution < 1.29 is 19.5 Å². The molecule has 158 valence electrons. The molecule has 3 rings (SSSR count). The van der Waals surface area contributed by atoms with Gasteiger partial charge in [-0.2, -0.15) is 0 Å². The topological polar surface area (TPSA) is 83.0 Å². The SMILES string of the molecule is CC(C)(C)OC(=O)N1CC=C(c2ccnc(C(=O)N(O)Cc3ccccc3)c2)CC1. The van der Waals surface area contributed by atoms with E-state index in [1.54, 1.807) is 17.2 Å². The molecular weight excluding hydrogens is 382 g/mol. The van der Waals surface area contributed by atoms with E-state index in [0.717, 1.165) is 16.7 Å². The van der Waals surface area contributed by atoms with Gasteiger partial charge in [-0.15, -0.1) is 0 Å². The van der Waals surface area contributed by atoms with Gasteiger partial charge in [-0.25, -0.2) is 9.86 Å². The lowest BCUT2D eigenvalue weighted by molar-refractivity contribution is -0.0652. The molecule has 0 saturated carbocycles. The molecule has 1 aromatic heterocycles. The van der Waals surface area contributed by atoms with Crippen LogP contribution in [0.15, 0.2) is 54.7 Å². The highest BCUT2D eigenvalue weighted by Crippen LogP contribution is 2.24. The third kappa shape index (κ3) is 5.67. The van der Waals surface area contributed by atoms with Crippen molar-refractivity contribution in [1.29, 1.82) is 0 Å². The first-order valence-electron chi connectivity index (χ1n) is 9.91. The summed E-state index contributed by atoms with van der Waals surface area (Å²) in [5.74, 6) is -0.563. The number of hydrogen-bond donors (Lipinski definition) is 1. The highest BCUT2D eigenvalue weighted by atomic mass is 16.6. The van der Waals surface area contributed by atoms with Gasteiger partial charge in [0, 0.05) is 19.3 Å². The second kappa shape index (κ2) is 9.09. The molecule has 0 saturated heterocycles. The van der Waals surface area contributed by atoms with Gasteiger partial charge in [0.15, 0.2) is 0 Å². The fraction of sp³-hybridized carbons (Fsp3) is 0.348. The Labute approximate surface area is 176 Å². The van der Waals surface area contributed by atoms with Crippen LogP contribution in [0.1, 0.15) is 48.8 Å². The number of rotatable bonds is 4. The third-order valence-electron chi connectivity index (χ3n) is 4.62. The van der Waals surface area contributed by atoms with Crippen molar-refractivity contribution in [2.24, 2.45) is 0 Å². The molecule has 2 heterocycles. The number of carbonyl (C=O) groups is 2. The second-order valence-corrected chi connectivity index (χ2v) is 8.18. The van der Waals surface area contributed by atoms with Crippen LogP contribution in [0.3, 0.4) is 0 Å². The molecule has 7 heteroatoms. The maximum atomic E-state index is 12.6. The maximum Gasteiger partial charge on any atom is 0.410 e. The molecule has 0 spiro atoms. The zero-order valence-corrected chi connectivity index (χ0v) is 17.5. The van der Waals surface area contributed by atoms with Gasteiger partial charge < -0.3 is 9.64 Å². The Morgan fingerprint density at radius 1 is 1.20 bits per heavy atom. The number of amides is 2. The van der Waals surface area contributed by atoms with Crippen LogP contribution < -0.4 is 0 Å². The fourth-order valence-corrected chi connectivity index (χ4v) is 3.13. The molecule has 1 aromatic carbocycles. The highest BCUT2D eigenvalue weighted by molar-refractivity contribution is 5.92. The third-order valence-corrected chi connectivity index (χ3v) is 4.62. The Kier molecular flexibility index (Phi) is 6.52. The molecule has 1 aliphatic rings. The summed E-state index contributed by atoms with van der Waals surface area (Å²) in [6.45, 7) is 6.58. The van der Waals surface area contributed by atoms with Gasteiger partial charge in [0.05, 0.1) is 6.54 Å². The summed E-state index contributed by atoms with van der Waals surface area (Å²) < 4.78 is 5.41. The van der Waals surface area contributed by atoms with Crippen LogP contribution in [-0.2, 0) is 11.3 Å². The quantitative estimate of drug-likeness (QED) is 0.606. The maximum absolute atomic E-state index is 12.6. The number of pyridine rings is 1. The first-order chi connectivity index (χ1) is 14.2. The summed E-state index contributed by atoms with van der Waals surface area (Å²) >= 11 is 0. The summed E-state index contributed by atoms with van der Waals surface area (Å²) in [5, 5.41) is 10.9. The lowest BCUT2D eigenvalue weighted by Gasteiger charge is -2.29. The minimum Gasteiger partial charge on any atom is -0.444 e. The molecule has 0 radical (unpaired) electrons. The van der Waals surface area contributed by atoms with Crippen molar-refractivity contribution in [3.05, 3.63) is 71.6 Å². The van der Waals surface area contributed by atoms with E-state index in [-0.39, 0.29) is 18.3 Å². The molecular formula is C23H27N3O4. The Hall–Kier alpha value is -3.19.